The maximum Gasteiger partial charge on any atom is 0.224 e. The van der Waals surface area contributed by atoms with Gasteiger partial charge < -0.3 is 5.32 Å². The molecule has 1 aromatic carbocycles. The first kappa shape index (κ1) is 15.5. The van der Waals surface area contributed by atoms with Crippen LogP contribution in [0.1, 0.15) is 37.7 Å². The molecule has 1 aromatic rings. The highest BCUT2D eigenvalue weighted by atomic mass is 79.9. The maximum absolute atomic E-state index is 12.8. The van der Waals surface area contributed by atoms with Crippen LogP contribution in [0.25, 0.3) is 0 Å². The molecule has 1 saturated carbocycles. The highest BCUT2D eigenvalue weighted by Gasteiger charge is 2.31. The number of nitrogens with one attached hydrogen (secondary N) is 1. The van der Waals surface area contributed by atoms with E-state index in [4.69, 9.17) is 0 Å². The summed E-state index contributed by atoms with van der Waals surface area (Å²) < 4.78 is 12.8. The fraction of sp³-hybridized carbons (Fsp3) is 0.562. The van der Waals surface area contributed by atoms with Gasteiger partial charge in [0.2, 0.25) is 5.91 Å². The van der Waals surface area contributed by atoms with E-state index in [9.17, 15) is 9.18 Å². The van der Waals surface area contributed by atoms with Crippen LogP contribution in [0.5, 0.6) is 0 Å². The second kappa shape index (κ2) is 7.21. The normalized spacial score (nSPS) is 17.7. The van der Waals surface area contributed by atoms with Gasteiger partial charge in [-0.2, -0.15) is 0 Å². The SMILES string of the molecule is O=C(Cc1ccc(F)cc1)NCC1(CBr)CCCCC1. The van der Waals surface area contributed by atoms with E-state index in [1.807, 2.05) is 0 Å². The molecule has 0 bridgehead atoms. The van der Waals surface area contributed by atoms with Gasteiger partial charge in [-0.3, -0.25) is 4.79 Å². The number of amides is 1. The van der Waals surface area contributed by atoms with Crippen molar-refractivity contribution in [3.8, 4) is 0 Å². The molecule has 2 nitrogen and oxygen atoms in total. The van der Waals surface area contributed by atoms with Crippen molar-refractivity contribution in [2.24, 2.45) is 5.41 Å². The Balaban J connectivity index is 1.83. The first-order valence-corrected chi connectivity index (χ1v) is 8.33. The molecule has 1 aliphatic carbocycles. The van der Waals surface area contributed by atoms with Gasteiger partial charge in [0.05, 0.1) is 6.42 Å². The van der Waals surface area contributed by atoms with Crippen molar-refractivity contribution in [1.82, 2.24) is 5.32 Å². The van der Waals surface area contributed by atoms with E-state index in [0.29, 0.717) is 6.42 Å². The fourth-order valence-corrected chi connectivity index (χ4v) is 3.55. The van der Waals surface area contributed by atoms with E-state index < -0.39 is 0 Å². The topological polar surface area (TPSA) is 29.1 Å². The quantitative estimate of drug-likeness (QED) is 0.810. The van der Waals surface area contributed by atoms with Crippen LogP contribution in [-0.4, -0.2) is 17.8 Å². The van der Waals surface area contributed by atoms with Crippen LogP contribution in [0.3, 0.4) is 0 Å². The van der Waals surface area contributed by atoms with Crippen LogP contribution < -0.4 is 5.32 Å². The molecule has 4 heteroatoms. The van der Waals surface area contributed by atoms with Crippen molar-refractivity contribution in [3.63, 3.8) is 0 Å². The summed E-state index contributed by atoms with van der Waals surface area (Å²) in [6.07, 6.45) is 6.47. The molecule has 0 radical (unpaired) electrons. The standard InChI is InChI=1S/C16H21BrFNO/c17-11-16(8-2-1-3-9-16)12-19-15(20)10-13-4-6-14(18)7-5-13/h4-7H,1-3,8-12H2,(H,19,20). The highest BCUT2D eigenvalue weighted by Crippen LogP contribution is 2.37. The lowest BCUT2D eigenvalue weighted by Gasteiger charge is -2.35. The van der Waals surface area contributed by atoms with E-state index >= 15 is 0 Å². The third-order valence-electron chi connectivity index (χ3n) is 4.14. The van der Waals surface area contributed by atoms with Gasteiger partial charge in [0.25, 0.3) is 0 Å². The molecule has 0 aromatic heterocycles. The van der Waals surface area contributed by atoms with Crippen molar-refractivity contribution < 1.29 is 9.18 Å². The molecule has 2 rings (SSSR count). The highest BCUT2D eigenvalue weighted by molar-refractivity contribution is 9.09. The molecule has 0 aliphatic heterocycles. The third-order valence-corrected chi connectivity index (χ3v) is 5.33. The lowest BCUT2D eigenvalue weighted by Crippen LogP contribution is -2.40. The molecule has 0 saturated heterocycles. The Morgan fingerprint density at radius 3 is 2.45 bits per heavy atom. The molecule has 0 unspecified atom stereocenters. The zero-order chi connectivity index (χ0) is 14.4. The Bertz CT molecular complexity index is 440. The van der Waals surface area contributed by atoms with Crippen molar-refractivity contribution in [3.05, 3.63) is 35.6 Å². The minimum Gasteiger partial charge on any atom is -0.355 e. The van der Waals surface area contributed by atoms with Gasteiger partial charge in [0, 0.05) is 11.9 Å². The van der Waals surface area contributed by atoms with Gasteiger partial charge in [-0.1, -0.05) is 47.3 Å². The number of halogens is 2. The predicted octanol–water partition coefficient (Wildman–Crippen LogP) is 3.83. The summed E-state index contributed by atoms with van der Waals surface area (Å²) in [6, 6.07) is 6.11. The number of carbonyl (C=O) groups excluding carboxylic acids is 1. The van der Waals surface area contributed by atoms with Crippen LogP contribution in [0.4, 0.5) is 4.39 Å². The molecule has 110 valence electrons. The number of benzene rings is 1. The molecule has 0 spiro atoms. The second-order valence-electron chi connectivity index (χ2n) is 5.77. The van der Waals surface area contributed by atoms with Gasteiger partial charge in [-0.25, -0.2) is 4.39 Å². The summed E-state index contributed by atoms with van der Waals surface area (Å²) in [4.78, 5) is 12.0. The van der Waals surface area contributed by atoms with Crippen LogP contribution in [-0.2, 0) is 11.2 Å². The van der Waals surface area contributed by atoms with Crippen molar-refractivity contribution in [2.45, 2.75) is 38.5 Å². The van der Waals surface area contributed by atoms with Crippen molar-refractivity contribution >= 4 is 21.8 Å². The number of alkyl halides is 1. The first-order valence-electron chi connectivity index (χ1n) is 7.21. The molecule has 0 atom stereocenters. The number of hydrogen-bond donors (Lipinski definition) is 1. The zero-order valence-corrected chi connectivity index (χ0v) is 13.2. The van der Waals surface area contributed by atoms with Gasteiger partial charge in [-0.15, -0.1) is 0 Å². The van der Waals surface area contributed by atoms with Gasteiger partial charge >= 0.3 is 0 Å². The Labute approximate surface area is 128 Å². The number of carbonyl (C=O) groups is 1. The van der Waals surface area contributed by atoms with Crippen molar-refractivity contribution in [2.75, 3.05) is 11.9 Å². The third kappa shape index (κ3) is 4.30. The summed E-state index contributed by atoms with van der Waals surface area (Å²) in [5.41, 5.74) is 1.07. The number of hydrogen-bond acceptors (Lipinski definition) is 1. The molecule has 1 amide bonds. The average Bonchev–Trinajstić information content (AvgIpc) is 2.49. The first-order chi connectivity index (χ1) is 9.63. The van der Waals surface area contributed by atoms with Crippen LogP contribution in [0.2, 0.25) is 0 Å². The fourth-order valence-electron chi connectivity index (χ4n) is 2.80. The summed E-state index contributed by atoms with van der Waals surface area (Å²) in [5.74, 6) is -0.253. The monoisotopic (exact) mass is 341 g/mol. The minimum atomic E-state index is -0.269. The van der Waals surface area contributed by atoms with E-state index in [-0.39, 0.29) is 17.1 Å². The maximum atomic E-state index is 12.8. The zero-order valence-electron chi connectivity index (χ0n) is 11.6. The Morgan fingerprint density at radius 2 is 1.85 bits per heavy atom. The summed E-state index contributed by atoms with van der Waals surface area (Å²) in [5, 5.41) is 3.99. The Kier molecular flexibility index (Phi) is 5.58. The predicted molar refractivity (Wildman–Crippen MR) is 82.4 cm³/mol. The van der Waals surface area contributed by atoms with E-state index in [1.165, 1.54) is 44.2 Å². The molecule has 1 fully saturated rings. The van der Waals surface area contributed by atoms with Crippen LogP contribution >= 0.6 is 15.9 Å². The smallest absolute Gasteiger partial charge is 0.224 e. The van der Waals surface area contributed by atoms with Crippen molar-refractivity contribution in [1.29, 1.82) is 0 Å². The van der Waals surface area contributed by atoms with Gasteiger partial charge in [0.1, 0.15) is 5.82 Å². The average molecular weight is 342 g/mol. The summed E-state index contributed by atoms with van der Waals surface area (Å²) >= 11 is 3.60. The van der Waals surface area contributed by atoms with Crippen LogP contribution in [0.15, 0.2) is 24.3 Å². The summed E-state index contributed by atoms with van der Waals surface area (Å²) in [7, 11) is 0. The Hall–Kier alpha value is -0.900. The van der Waals surface area contributed by atoms with E-state index in [2.05, 4.69) is 21.2 Å². The summed E-state index contributed by atoms with van der Waals surface area (Å²) in [6.45, 7) is 0.734. The lowest BCUT2D eigenvalue weighted by atomic mass is 9.75. The number of rotatable bonds is 5. The minimum absolute atomic E-state index is 0.0162. The second-order valence-corrected chi connectivity index (χ2v) is 6.33. The van der Waals surface area contributed by atoms with E-state index in [0.717, 1.165) is 17.4 Å². The molecular weight excluding hydrogens is 321 g/mol. The lowest BCUT2D eigenvalue weighted by molar-refractivity contribution is -0.121. The molecule has 1 aliphatic rings. The van der Waals surface area contributed by atoms with E-state index in [1.54, 1.807) is 12.1 Å². The van der Waals surface area contributed by atoms with Crippen LogP contribution in [0, 0.1) is 11.2 Å². The molecular formula is C16H21BrFNO. The Morgan fingerprint density at radius 1 is 1.20 bits per heavy atom. The molecule has 20 heavy (non-hydrogen) atoms. The molecule has 1 N–H and O–H groups in total. The van der Waals surface area contributed by atoms with Gasteiger partial charge in [0.15, 0.2) is 0 Å². The van der Waals surface area contributed by atoms with Gasteiger partial charge in [-0.05, 0) is 36.0 Å². The largest absolute Gasteiger partial charge is 0.355 e. The molecule has 0 heterocycles.